The van der Waals surface area contributed by atoms with Crippen LogP contribution in [0.25, 0.3) is 0 Å². The van der Waals surface area contributed by atoms with E-state index in [0.717, 1.165) is 4.53 Å². The van der Waals surface area contributed by atoms with E-state index in [-0.39, 0.29) is 17.0 Å². The van der Waals surface area contributed by atoms with Crippen molar-refractivity contribution >= 4 is 21.5 Å². The summed E-state index contributed by atoms with van der Waals surface area (Å²) in [4.78, 5) is 0. The third kappa shape index (κ3) is 2.49. The zero-order chi connectivity index (χ0) is 5.11. The molecule has 0 radical (unpaired) electrons. The Bertz CT molecular complexity index is 138. The summed E-state index contributed by atoms with van der Waals surface area (Å²) >= 11 is 4.54. The molecular weight excluding hydrogens is 211 g/mol. The van der Waals surface area contributed by atoms with Gasteiger partial charge in [0.15, 0.2) is 0 Å². The molecule has 0 fully saturated rings. The molecule has 1 aromatic rings. The Hall–Kier alpha value is 0.194. The molecule has 47 valence electrons. The average Bonchev–Trinajstić information content (AvgIpc) is 1.69. The zero-order valence-electron chi connectivity index (χ0n) is 4.11. The Morgan fingerprint density at radius 2 is 1.50 bits per heavy atom. The summed E-state index contributed by atoms with van der Waals surface area (Å²) in [6, 6.07) is 9.68. The Morgan fingerprint density at radius 3 is 1.75 bits per heavy atom. The molecule has 0 aliphatic carbocycles. The van der Waals surface area contributed by atoms with Crippen molar-refractivity contribution in [1.29, 1.82) is 0 Å². The monoisotopic (exact) mass is 215 g/mol. The van der Waals surface area contributed by atoms with Gasteiger partial charge in [-0.15, -0.1) is 17.0 Å². The van der Waals surface area contributed by atoms with Gasteiger partial charge in [-0.3, -0.25) is 0 Å². The normalized spacial score (nSPS) is 7.75. The Morgan fingerprint density at radius 1 is 1.00 bits per heavy atom. The van der Waals surface area contributed by atoms with E-state index in [1.54, 1.807) is 0 Å². The van der Waals surface area contributed by atoms with Crippen LogP contribution >= 0.6 is 17.0 Å². The van der Waals surface area contributed by atoms with Gasteiger partial charge in [-0.2, -0.15) is 0 Å². The first kappa shape index (κ1) is 8.19. The van der Waals surface area contributed by atoms with Crippen LogP contribution in [-0.2, 0) is 15.5 Å². The maximum absolute atomic E-state index is 4.54. The predicted octanol–water partition coefficient (Wildman–Crippen LogP) is 1.44. The average molecular weight is 217 g/mol. The van der Waals surface area contributed by atoms with Crippen LogP contribution in [0.1, 0.15) is 0 Å². The van der Waals surface area contributed by atoms with Gasteiger partial charge in [0.2, 0.25) is 0 Å². The van der Waals surface area contributed by atoms with E-state index >= 15 is 0 Å². The van der Waals surface area contributed by atoms with E-state index < -0.39 is 0 Å². The molecule has 0 amide bonds. The van der Waals surface area contributed by atoms with Crippen LogP contribution in [0.5, 0.6) is 0 Å². The first-order valence-corrected chi connectivity index (χ1v) is 2.56. The Labute approximate surface area is 67.4 Å². The minimum atomic E-state index is 0. The fraction of sp³-hybridized carbons (Fsp3) is 0. The summed E-state index contributed by atoms with van der Waals surface area (Å²) in [5.41, 5.74) is 0. The third-order valence-electron chi connectivity index (χ3n) is 0.713. The zero-order valence-corrected chi connectivity index (χ0v) is 6.81. The second-order valence-corrected chi connectivity index (χ2v) is 1.83. The fourth-order valence-electron chi connectivity index (χ4n) is 0.403. The van der Waals surface area contributed by atoms with Crippen LogP contribution in [0.2, 0.25) is 0 Å². The molecule has 0 heterocycles. The maximum atomic E-state index is 4.54. The van der Waals surface area contributed by atoms with Crippen molar-refractivity contribution in [2.75, 3.05) is 0 Å². The molecule has 1 aromatic carbocycles. The van der Waals surface area contributed by atoms with Crippen molar-refractivity contribution in [3.63, 3.8) is 0 Å². The number of hydrogen-bond acceptors (Lipinski definition) is 0. The minimum absolute atomic E-state index is 0. The molecule has 0 saturated carbocycles. The molecule has 0 aromatic heterocycles. The standard InChI is InChI=1S/C6H5.BrH.Ni/c1-2-4-6-5-3-1;;/h1-5H;1H;. The summed E-state index contributed by atoms with van der Waals surface area (Å²) in [6.45, 7) is 0. The molecule has 1 rings (SSSR count). The van der Waals surface area contributed by atoms with Crippen molar-refractivity contribution in [3.05, 3.63) is 30.3 Å². The molecule has 0 unspecified atom stereocenters. The molecule has 0 N–H and O–H groups in total. The van der Waals surface area contributed by atoms with Gasteiger partial charge in [-0.1, -0.05) is 0 Å². The second-order valence-electron chi connectivity index (χ2n) is 1.26. The first-order chi connectivity index (χ1) is 3.39. The second kappa shape index (κ2) is 4.11. The van der Waals surface area contributed by atoms with E-state index in [1.807, 2.05) is 30.3 Å². The fourth-order valence-corrected chi connectivity index (χ4v) is 0.593. The van der Waals surface area contributed by atoms with Crippen LogP contribution in [0, 0.1) is 0 Å². The summed E-state index contributed by atoms with van der Waals surface area (Å²) in [6.07, 6.45) is 0. The van der Waals surface area contributed by atoms with E-state index in [4.69, 9.17) is 0 Å². The van der Waals surface area contributed by atoms with Crippen molar-refractivity contribution in [2.24, 2.45) is 0 Å². The Kier molecular flexibility index (Phi) is 4.21. The number of hydrogen-bond donors (Lipinski definition) is 0. The molecule has 0 saturated heterocycles. The molecular formula is C6H6BrNi. The van der Waals surface area contributed by atoms with Gasteiger partial charge in [0.25, 0.3) is 0 Å². The molecule has 0 aliphatic rings. The number of benzene rings is 1. The van der Waals surface area contributed by atoms with Gasteiger partial charge in [-0.05, 0) is 0 Å². The van der Waals surface area contributed by atoms with Crippen LogP contribution in [0.3, 0.4) is 0 Å². The van der Waals surface area contributed by atoms with Crippen LogP contribution in [-0.4, -0.2) is 0 Å². The molecule has 0 spiro atoms. The van der Waals surface area contributed by atoms with Crippen molar-refractivity contribution in [1.82, 2.24) is 0 Å². The molecule has 0 nitrogen and oxygen atoms in total. The van der Waals surface area contributed by atoms with Crippen molar-refractivity contribution in [2.45, 2.75) is 0 Å². The van der Waals surface area contributed by atoms with Crippen LogP contribution in [0.4, 0.5) is 0 Å². The molecule has 0 aliphatic heterocycles. The van der Waals surface area contributed by atoms with Crippen molar-refractivity contribution < 1.29 is 15.5 Å². The topological polar surface area (TPSA) is 0 Å². The molecule has 8 heavy (non-hydrogen) atoms. The van der Waals surface area contributed by atoms with Crippen LogP contribution in [0.15, 0.2) is 30.3 Å². The van der Waals surface area contributed by atoms with Gasteiger partial charge in [-0.25, -0.2) is 0 Å². The van der Waals surface area contributed by atoms with Gasteiger partial charge < -0.3 is 0 Å². The summed E-state index contributed by atoms with van der Waals surface area (Å²) in [7, 11) is 0. The molecule has 2 heteroatoms. The van der Waals surface area contributed by atoms with E-state index in [0.29, 0.717) is 0 Å². The van der Waals surface area contributed by atoms with E-state index in [1.165, 1.54) is 0 Å². The van der Waals surface area contributed by atoms with Crippen LogP contribution < -0.4 is 4.53 Å². The van der Waals surface area contributed by atoms with E-state index in [9.17, 15) is 0 Å². The predicted molar refractivity (Wildman–Crippen MR) is 36.4 cm³/mol. The number of rotatable bonds is 0. The Balaban J connectivity index is 0.000000490. The quantitative estimate of drug-likeness (QED) is 0.576. The molecule has 0 atom stereocenters. The third-order valence-corrected chi connectivity index (χ3v) is 1.04. The van der Waals surface area contributed by atoms with Gasteiger partial charge in [0.05, 0.1) is 0 Å². The number of halogens is 1. The summed E-state index contributed by atoms with van der Waals surface area (Å²) in [5, 5.41) is 0. The van der Waals surface area contributed by atoms with E-state index in [2.05, 4.69) is 15.5 Å². The van der Waals surface area contributed by atoms with Gasteiger partial charge >= 0.3 is 50.3 Å². The first-order valence-electron chi connectivity index (χ1n) is 2.07. The van der Waals surface area contributed by atoms with Gasteiger partial charge in [0.1, 0.15) is 0 Å². The summed E-state index contributed by atoms with van der Waals surface area (Å²) in [5.74, 6) is 0. The summed E-state index contributed by atoms with van der Waals surface area (Å²) < 4.78 is 0.947. The van der Waals surface area contributed by atoms with Gasteiger partial charge in [0, 0.05) is 0 Å². The SMILES string of the molecule is Br.[Ni][c]1ccccc1. The molecule has 0 bridgehead atoms. The van der Waals surface area contributed by atoms with Crippen molar-refractivity contribution in [3.8, 4) is 0 Å².